The Kier molecular flexibility index (Phi) is 16.5. The van der Waals surface area contributed by atoms with E-state index in [1.165, 1.54) is 26.2 Å². The standard InChI is InChI=1S/C26H45NO5/c1-5-7-8-9-10-11-14-17-23(20-28)18-15-12-13-16-21(3)26(25(27)31,19-22(4)29)32-24(30)6-2/h6,10-11,20-23,29H,2,5,7-9,12-19H2,1,3-4H3,(H2,27,31). The van der Waals surface area contributed by atoms with Crippen LogP contribution in [0.15, 0.2) is 24.8 Å². The topological polar surface area (TPSA) is 107 Å². The fourth-order valence-electron chi connectivity index (χ4n) is 4.00. The van der Waals surface area contributed by atoms with Gasteiger partial charge in [0.1, 0.15) is 6.29 Å². The van der Waals surface area contributed by atoms with Gasteiger partial charge in [-0.15, -0.1) is 0 Å². The van der Waals surface area contributed by atoms with E-state index in [1.807, 2.05) is 6.92 Å². The number of aliphatic hydroxyl groups is 1. The van der Waals surface area contributed by atoms with Crippen LogP contribution in [0.5, 0.6) is 0 Å². The van der Waals surface area contributed by atoms with Gasteiger partial charge in [-0.05, 0) is 45.4 Å². The molecule has 6 heteroatoms. The highest BCUT2D eigenvalue weighted by molar-refractivity contribution is 5.89. The van der Waals surface area contributed by atoms with Crippen LogP contribution in [-0.2, 0) is 19.1 Å². The molecule has 0 aromatic carbocycles. The summed E-state index contributed by atoms with van der Waals surface area (Å²) in [6.07, 6.45) is 16.3. The van der Waals surface area contributed by atoms with Crippen molar-refractivity contribution < 1.29 is 24.2 Å². The number of hydrogen-bond donors (Lipinski definition) is 2. The highest BCUT2D eigenvalue weighted by Crippen LogP contribution is 2.32. The van der Waals surface area contributed by atoms with Gasteiger partial charge in [0, 0.05) is 24.3 Å². The molecule has 0 fully saturated rings. The average molecular weight is 452 g/mol. The fraction of sp³-hybridized carbons (Fsp3) is 0.731. The Morgan fingerprint density at radius 2 is 1.69 bits per heavy atom. The molecular weight excluding hydrogens is 406 g/mol. The Bertz CT molecular complexity index is 587. The molecule has 6 nitrogen and oxygen atoms in total. The minimum atomic E-state index is -1.56. The molecule has 0 aromatic heterocycles. The largest absolute Gasteiger partial charge is 0.445 e. The van der Waals surface area contributed by atoms with E-state index in [4.69, 9.17) is 10.5 Å². The summed E-state index contributed by atoms with van der Waals surface area (Å²) in [6.45, 7) is 8.91. The van der Waals surface area contributed by atoms with Crippen molar-refractivity contribution in [3.8, 4) is 0 Å². The van der Waals surface area contributed by atoms with Gasteiger partial charge in [-0.2, -0.15) is 0 Å². The molecule has 0 saturated heterocycles. The van der Waals surface area contributed by atoms with Gasteiger partial charge in [0.2, 0.25) is 0 Å². The van der Waals surface area contributed by atoms with Crippen LogP contribution in [0, 0.1) is 11.8 Å². The molecule has 184 valence electrons. The molecule has 0 heterocycles. The number of hydrogen-bond acceptors (Lipinski definition) is 5. The number of aliphatic hydroxyl groups excluding tert-OH is 1. The molecule has 0 aliphatic heterocycles. The van der Waals surface area contributed by atoms with Gasteiger partial charge in [-0.3, -0.25) is 4.79 Å². The number of primary amides is 1. The number of unbranched alkanes of at least 4 members (excludes halogenated alkanes) is 5. The van der Waals surface area contributed by atoms with Gasteiger partial charge in [0.15, 0.2) is 5.60 Å². The first kappa shape index (κ1) is 30.0. The predicted molar refractivity (Wildman–Crippen MR) is 129 cm³/mol. The molecular formula is C26H45NO5. The number of ether oxygens (including phenoxy) is 1. The summed E-state index contributed by atoms with van der Waals surface area (Å²) >= 11 is 0. The highest BCUT2D eigenvalue weighted by Gasteiger charge is 2.46. The maximum Gasteiger partial charge on any atom is 0.331 e. The first-order chi connectivity index (χ1) is 15.2. The molecule has 0 rings (SSSR count). The van der Waals surface area contributed by atoms with E-state index in [0.717, 1.165) is 57.3 Å². The molecule has 4 unspecified atom stereocenters. The summed E-state index contributed by atoms with van der Waals surface area (Å²) in [5.41, 5.74) is 4.04. The van der Waals surface area contributed by atoms with E-state index in [9.17, 15) is 19.5 Å². The van der Waals surface area contributed by atoms with Crippen LogP contribution < -0.4 is 5.73 Å². The minimum Gasteiger partial charge on any atom is -0.445 e. The maximum atomic E-state index is 12.2. The Morgan fingerprint density at radius 3 is 2.25 bits per heavy atom. The normalized spacial score (nSPS) is 16.1. The first-order valence-electron chi connectivity index (χ1n) is 12.2. The third kappa shape index (κ3) is 12.2. The van der Waals surface area contributed by atoms with Crippen LogP contribution in [0.25, 0.3) is 0 Å². The minimum absolute atomic E-state index is 0.0533. The van der Waals surface area contributed by atoms with E-state index in [2.05, 4.69) is 25.7 Å². The monoisotopic (exact) mass is 451 g/mol. The number of allylic oxidation sites excluding steroid dienone is 2. The van der Waals surface area contributed by atoms with Crippen molar-refractivity contribution >= 4 is 18.2 Å². The van der Waals surface area contributed by atoms with Gasteiger partial charge in [0.25, 0.3) is 5.91 Å². The zero-order valence-electron chi connectivity index (χ0n) is 20.4. The summed E-state index contributed by atoms with van der Waals surface area (Å²) < 4.78 is 5.38. The predicted octanol–water partition coefficient (Wildman–Crippen LogP) is 5.03. The van der Waals surface area contributed by atoms with Gasteiger partial charge in [0.05, 0.1) is 6.10 Å². The lowest BCUT2D eigenvalue weighted by Crippen LogP contribution is -2.54. The van der Waals surface area contributed by atoms with Crippen molar-refractivity contribution in [1.82, 2.24) is 0 Å². The number of amides is 1. The SMILES string of the molecule is C=CC(=O)OC(CC(C)O)(C(N)=O)C(C)CCCCCC(C=O)CCC=CCCCCC. The van der Waals surface area contributed by atoms with E-state index < -0.39 is 23.6 Å². The molecule has 0 bridgehead atoms. The molecule has 0 aliphatic carbocycles. The smallest absolute Gasteiger partial charge is 0.331 e. The molecule has 0 radical (unpaired) electrons. The number of carbonyl (C=O) groups is 3. The molecule has 0 aromatic rings. The van der Waals surface area contributed by atoms with E-state index in [-0.39, 0.29) is 18.3 Å². The number of aldehydes is 1. The third-order valence-electron chi connectivity index (χ3n) is 6.01. The van der Waals surface area contributed by atoms with Crippen molar-refractivity contribution in [2.24, 2.45) is 17.6 Å². The first-order valence-corrected chi connectivity index (χ1v) is 12.2. The van der Waals surface area contributed by atoms with Crippen molar-refractivity contribution in [3.63, 3.8) is 0 Å². The highest BCUT2D eigenvalue weighted by atomic mass is 16.6. The Balaban J connectivity index is 4.50. The van der Waals surface area contributed by atoms with E-state index in [0.29, 0.717) is 6.42 Å². The number of rotatable bonds is 20. The second-order valence-corrected chi connectivity index (χ2v) is 8.91. The molecule has 4 atom stereocenters. The number of carbonyl (C=O) groups excluding carboxylic acids is 3. The fourth-order valence-corrected chi connectivity index (χ4v) is 4.00. The van der Waals surface area contributed by atoms with Crippen molar-refractivity contribution in [3.05, 3.63) is 24.8 Å². The molecule has 32 heavy (non-hydrogen) atoms. The Morgan fingerprint density at radius 1 is 1.03 bits per heavy atom. The van der Waals surface area contributed by atoms with Crippen LogP contribution in [0.3, 0.4) is 0 Å². The quantitative estimate of drug-likeness (QED) is 0.0887. The lowest BCUT2D eigenvalue weighted by molar-refractivity contribution is -0.173. The van der Waals surface area contributed by atoms with Gasteiger partial charge >= 0.3 is 5.97 Å². The van der Waals surface area contributed by atoms with Crippen LogP contribution >= 0.6 is 0 Å². The third-order valence-corrected chi connectivity index (χ3v) is 6.01. The lowest BCUT2D eigenvalue weighted by Gasteiger charge is -2.36. The van der Waals surface area contributed by atoms with E-state index in [1.54, 1.807) is 0 Å². The second-order valence-electron chi connectivity index (χ2n) is 8.91. The Labute approximate surface area is 194 Å². The summed E-state index contributed by atoms with van der Waals surface area (Å²) in [5.74, 6) is -1.77. The van der Waals surface area contributed by atoms with Crippen molar-refractivity contribution in [2.45, 2.75) is 110 Å². The molecule has 0 saturated carbocycles. The molecule has 0 aliphatic rings. The van der Waals surface area contributed by atoms with Crippen molar-refractivity contribution in [2.75, 3.05) is 0 Å². The van der Waals surface area contributed by atoms with Crippen LogP contribution in [0.2, 0.25) is 0 Å². The molecule has 0 spiro atoms. The van der Waals surface area contributed by atoms with Crippen molar-refractivity contribution in [1.29, 1.82) is 0 Å². The average Bonchev–Trinajstić information content (AvgIpc) is 2.75. The lowest BCUT2D eigenvalue weighted by atomic mass is 9.80. The zero-order chi connectivity index (χ0) is 24.4. The van der Waals surface area contributed by atoms with Gasteiger partial charge < -0.3 is 20.4 Å². The summed E-state index contributed by atoms with van der Waals surface area (Å²) in [5, 5.41) is 9.85. The van der Waals surface area contributed by atoms with Gasteiger partial charge in [-0.25, -0.2) is 4.79 Å². The van der Waals surface area contributed by atoms with Crippen LogP contribution in [-0.4, -0.2) is 35.0 Å². The Hall–Kier alpha value is -1.95. The summed E-state index contributed by atoms with van der Waals surface area (Å²) in [6, 6.07) is 0. The number of nitrogens with two attached hydrogens (primary N) is 1. The number of esters is 1. The maximum absolute atomic E-state index is 12.2. The van der Waals surface area contributed by atoms with Crippen LogP contribution in [0.1, 0.15) is 97.8 Å². The summed E-state index contributed by atoms with van der Waals surface area (Å²) in [4.78, 5) is 35.4. The molecule has 3 N–H and O–H groups in total. The second kappa shape index (κ2) is 17.6. The molecule has 1 amide bonds. The van der Waals surface area contributed by atoms with E-state index >= 15 is 0 Å². The van der Waals surface area contributed by atoms with Gasteiger partial charge in [-0.1, -0.05) is 64.7 Å². The zero-order valence-corrected chi connectivity index (χ0v) is 20.4. The summed E-state index contributed by atoms with van der Waals surface area (Å²) in [7, 11) is 0. The van der Waals surface area contributed by atoms with Crippen LogP contribution in [0.4, 0.5) is 0 Å².